The van der Waals surface area contributed by atoms with E-state index < -0.39 is 0 Å². The third-order valence-corrected chi connectivity index (χ3v) is 1.36. The Labute approximate surface area is 64.3 Å². The van der Waals surface area contributed by atoms with Crippen LogP contribution in [0.1, 0.15) is 39.0 Å². The van der Waals surface area contributed by atoms with E-state index in [0.29, 0.717) is 0 Å². The molecule has 0 heteroatoms. The zero-order chi connectivity index (χ0) is 7.66. The third-order valence-electron chi connectivity index (χ3n) is 1.36. The van der Waals surface area contributed by atoms with Crippen LogP contribution in [0, 0.1) is 11.8 Å². The highest BCUT2D eigenvalue weighted by Gasteiger charge is 1.82. The molecule has 0 saturated carbocycles. The van der Waals surface area contributed by atoms with Crippen molar-refractivity contribution in [3.63, 3.8) is 0 Å². The largest absolute Gasteiger partial charge is 0.0985 e. The fourth-order valence-electron chi connectivity index (χ4n) is 0.785. The van der Waals surface area contributed by atoms with Gasteiger partial charge in [-0.1, -0.05) is 44.6 Å². The molecule has 0 bridgehead atoms. The minimum atomic E-state index is 1.03. The van der Waals surface area contributed by atoms with Crippen molar-refractivity contribution in [2.75, 3.05) is 0 Å². The molecule has 0 aliphatic rings. The number of hydrogen-bond donors (Lipinski definition) is 0. The molecule has 0 aromatic rings. The van der Waals surface area contributed by atoms with Gasteiger partial charge in [-0.25, -0.2) is 0 Å². The molecule has 0 heterocycles. The molecule has 0 aliphatic carbocycles. The second-order valence-electron chi connectivity index (χ2n) is 2.34. The van der Waals surface area contributed by atoms with Gasteiger partial charge < -0.3 is 0 Å². The van der Waals surface area contributed by atoms with Gasteiger partial charge in [0.05, 0.1) is 0 Å². The van der Waals surface area contributed by atoms with Crippen molar-refractivity contribution in [3.8, 4) is 11.8 Å². The first-order valence-electron chi connectivity index (χ1n) is 4.01. The van der Waals surface area contributed by atoms with Gasteiger partial charge in [0.2, 0.25) is 0 Å². The molecule has 0 nitrogen and oxygen atoms in total. The highest BCUT2D eigenvalue weighted by atomic mass is 13.9. The lowest BCUT2D eigenvalue weighted by Gasteiger charge is -1.90. The summed E-state index contributed by atoms with van der Waals surface area (Å²) in [6.07, 6.45) is 7.90. The molecule has 0 fully saturated rings. The quantitative estimate of drug-likeness (QED) is 0.411. The average Bonchev–Trinajstić information content (AvgIpc) is 1.97. The number of allylic oxidation sites excluding steroid dienone is 1. The summed E-state index contributed by atoms with van der Waals surface area (Å²) in [4.78, 5) is 0. The van der Waals surface area contributed by atoms with Crippen LogP contribution in [-0.4, -0.2) is 0 Å². The number of hydrogen-bond acceptors (Lipinski definition) is 0. The van der Waals surface area contributed by atoms with Crippen LogP contribution in [0.2, 0.25) is 0 Å². The second kappa shape index (κ2) is 8.30. The van der Waals surface area contributed by atoms with Gasteiger partial charge in [-0.15, -0.1) is 0 Å². The maximum atomic E-state index is 3.52. The van der Waals surface area contributed by atoms with Crippen LogP contribution in [0.3, 0.4) is 0 Å². The molecule has 0 atom stereocenters. The highest BCUT2D eigenvalue weighted by molar-refractivity contribution is 5.11. The second-order valence-corrected chi connectivity index (χ2v) is 2.34. The molecule has 0 unspecified atom stereocenters. The van der Waals surface area contributed by atoms with Gasteiger partial charge in [0.15, 0.2) is 0 Å². The summed E-state index contributed by atoms with van der Waals surface area (Å²) in [6.45, 7) is 5.74. The zero-order valence-corrected chi connectivity index (χ0v) is 6.82. The van der Waals surface area contributed by atoms with E-state index >= 15 is 0 Å². The summed E-state index contributed by atoms with van der Waals surface area (Å²) in [5.74, 6) is 5.86. The molecule has 0 spiro atoms. The van der Waals surface area contributed by atoms with Crippen LogP contribution in [-0.2, 0) is 0 Å². The van der Waals surface area contributed by atoms with Gasteiger partial charge in [0.25, 0.3) is 0 Å². The van der Waals surface area contributed by atoms with Crippen molar-refractivity contribution in [2.24, 2.45) is 0 Å². The Morgan fingerprint density at radius 3 is 2.70 bits per heavy atom. The summed E-state index contributed by atoms with van der Waals surface area (Å²) in [6, 6.07) is 0. The molecule has 0 rings (SSSR count). The predicted octanol–water partition coefficient (Wildman–Crippen LogP) is 3.15. The van der Waals surface area contributed by atoms with Crippen LogP contribution < -0.4 is 0 Å². The summed E-state index contributed by atoms with van der Waals surface area (Å²) < 4.78 is 0. The van der Waals surface area contributed by atoms with E-state index in [0.717, 1.165) is 6.42 Å². The van der Waals surface area contributed by atoms with Gasteiger partial charge in [-0.3, -0.25) is 0 Å². The first-order chi connectivity index (χ1) is 4.91. The smallest absolute Gasteiger partial charge is 0.00922 e. The van der Waals surface area contributed by atoms with E-state index in [1.54, 1.807) is 6.08 Å². The lowest BCUT2D eigenvalue weighted by Crippen LogP contribution is -1.73. The summed E-state index contributed by atoms with van der Waals surface area (Å²) in [5.41, 5.74) is 0. The molecular weight excluding hydrogens is 120 g/mol. The van der Waals surface area contributed by atoms with Crippen molar-refractivity contribution >= 4 is 0 Å². The first kappa shape index (κ1) is 9.30. The lowest BCUT2D eigenvalue weighted by atomic mass is 10.2. The fraction of sp³-hybridized carbons (Fsp3) is 0.600. The topological polar surface area (TPSA) is 0 Å². The standard InChI is InChI=1S/C10H16/c1-3-5-7-9-10-8-6-4-2/h3H,1,4,6,8-10H2,2H3. The van der Waals surface area contributed by atoms with Gasteiger partial charge in [0, 0.05) is 6.42 Å². The molecule has 0 saturated heterocycles. The van der Waals surface area contributed by atoms with Crippen molar-refractivity contribution in [3.05, 3.63) is 12.7 Å². The van der Waals surface area contributed by atoms with Crippen LogP contribution in [0.4, 0.5) is 0 Å². The summed E-state index contributed by atoms with van der Waals surface area (Å²) in [7, 11) is 0. The molecule has 0 amide bonds. The molecular formula is C10H16. The number of rotatable bonds is 4. The minimum absolute atomic E-state index is 1.03. The Bertz CT molecular complexity index is 123. The fourth-order valence-corrected chi connectivity index (χ4v) is 0.785. The van der Waals surface area contributed by atoms with Crippen LogP contribution in [0.15, 0.2) is 12.7 Å². The molecule has 0 aromatic heterocycles. The Hall–Kier alpha value is -0.700. The van der Waals surface area contributed by atoms with Crippen molar-refractivity contribution < 1.29 is 0 Å². The van der Waals surface area contributed by atoms with Gasteiger partial charge in [-0.05, 0) is 12.5 Å². The first-order valence-corrected chi connectivity index (χ1v) is 4.01. The molecule has 0 aromatic carbocycles. The Kier molecular flexibility index (Phi) is 7.72. The molecule has 0 radical (unpaired) electrons. The van der Waals surface area contributed by atoms with E-state index in [2.05, 4.69) is 25.3 Å². The predicted molar refractivity (Wildman–Crippen MR) is 46.7 cm³/mol. The van der Waals surface area contributed by atoms with Crippen LogP contribution in [0.5, 0.6) is 0 Å². The van der Waals surface area contributed by atoms with Crippen LogP contribution >= 0.6 is 0 Å². The summed E-state index contributed by atoms with van der Waals surface area (Å²) >= 11 is 0. The minimum Gasteiger partial charge on any atom is -0.0985 e. The maximum absolute atomic E-state index is 3.52. The highest BCUT2D eigenvalue weighted by Crippen LogP contribution is 2.00. The zero-order valence-electron chi connectivity index (χ0n) is 6.82. The Morgan fingerprint density at radius 1 is 1.30 bits per heavy atom. The van der Waals surface area contributed by atoms with Gasteiger partial charge >= 0.3 is 0 Å². The monoisotopic (exact) mass is 136 g/mol. The number of unbranched alkanes of at least 4 members (excludes halogenated alkanes) is 4. The lowest BCUT2D eigenvalue weighted by molar-refractivity contribution is 0.680. The van der Waals surface area contributed by atoms with Crippen LogP contribution in [0.25, 0.3) is 0 Å². The third kappa shape index (κ3) is 7.30. The Balaban J connectivity index is 2.97. The summed E-state index contributed by atoms with van der Waals surface area (Å²) in [5, 5.41) is 0. The van der Waals surface area contributed by atoms with E-state index in [4.69, 9.17) is 0 Å². The van der Waals surface area contributed by atoms with E-state index in [-0.39, 0.29) is 0 Å². The van der Waals surface area contributed by atoms with Crippen molar-refractivity contribution in [2.45, 2.75) is 39.0 Å². The SMILES string of the molecule is C=CC#CCCCCCC. The van der Waals surface area contributed by atoms with Crippen molar-refractivity contribution in [1.29, 1.82) is 0 Å². The van der Waals surface area contributed by atoms with Gasteiger partial charge in [-0.2, -0.15) is 0 Å². The van der Waals surface area contributed by atoms with E-state index in [1.807, 2.05) is 0 Å². The molecule has 0 N–H and O–H groups in total. The molecule has 10 heavy (non-hydrogen) atoms. The Morgan fingerprint density at radius 2 is 2.10 bits per heavy atom. The molecule has 56 valence electrons. The van der Waals surface area contributed by atoms with E-state index in [9.17, 15) is 0 Å². The average molecular weight is 136 g/mol. The van der Waals surface area contributed by atoms with Crippen molar-refractivity contribution in [1.82, 2.24) is 0 Å². The van der Waals surface area contributed by atoms with E-state index in [1.165, 1.54) is 25.7 Å². The molecule has 0 aliphatic heterocycles. The maximum Gasteiger partial charge on any atom is 0.00922 e. The normalized spacial score (nSPS) is 8.10. The van der Waals surface area contributed by atoms with Gasteiger partial charge in [0.1, 0.15) is 0 Å².